The average molecular weight is 412 g/mol. The smallest absolute Gasteiger partial charge is 0.416 e. The first-order valence-corrected chi connectivity index (χ1v) is 8.63. The van der Waals surface area contributed by atoms with Crippen molar-refractivity contribution >= 4 is 28.3 Å². The van der Waals surface area contributed by atoms with Crippen LogP contribution in [0.1, 0.15) is 24.1 Å². The number of hydrogen-bond donors (Lipinski definition) is 1. The third-order valence-electron chi connectivity index (χ3n) is 4.24. The van der Waals surface area contributed by atoms with E-state index in [9.17, 15) is 13.2 Å². The first-order valence-electron chi connectivity index (χ1n) is 8.26. The van der Waals surface area contributed by atoms with E-state index in [4.69, 9.17) is 21.1 Å². The molecule has 0 amide bonds. The van der Waals surface area contributed by atoms with Crippen molar-refractivity contribution in [3.63, 3.8) is 0 Å². The Morgan fingerprint density at radius 3 is 2.36 bits per heavy atom. The molecule has 28 heavy (non-hydrogen) atoms. The molecule has 0 fully saturated rings. The van der Waals surface area contributed by atoms with Gasteiger partial charge in [0, 0.05) is 17.5 Å². The van der Waals surface area contributed by atoms with Crippen LogP contribution in [0.2, 0.25) is 5.28 Å². The summed E-state index contributed by atoms with van der Waals surface area (Å²) in [7, 11) is 3.00. The van der Waals surface area contributed by atoms with E-state index < -0.39 is 17.8 Å². The second kappa shape index (κ2) is 7.71. The van der Waals surface area contributed by atoms with Crippen LogP contribution in [0.4, 0.5) is 19.0 Å². The molecule has 5 nitrogen and oxygen atoms in total. The van der Waals surface area contributed by atoms with Gasteiger partial charge in [-0.15, -0.1) is 0 Å². The van der Waals surface area contributed by atoms with Gasteiger partial charge in [0.25, 0.3) is 0 Å². The molecule has 0 unspecified atom stereocenters. The molecule has 148 valence electrons. The molecule has 2 aromatic carbocycles. The van der Waals surface area contributed by atoms with Gasteiger partial charge in [-0.1, -0.05) is 12.1 Å². The number of benzene rings is 2. The van der Waals surface area contributed by atoms with Gasteiger partial charge in [-0.2, -0.15) is 13.2 Å². The summed E-state index contributed by atoms with van der Waals surface area (Å²) in [5, 5.41) is 3.71. The van der Waals surface area contributed by atoms with Crippen LogP contribution in [-0.2, 0) is 6.18 Å². The lowest BCUT2D eigenvalue weighted by Crippen LogP contribution is -2.11. The molecule has 0 aliphatic carbocycles. The highest BCUT2D eigenvalue weighted by Gasteiger charge is 2.30. The summed E-state index contributed by atoms with van der Waals surface area (Å²) in [6, 6.07) is 7.99. The molecule has 0 bridgehead atoms. The first kappa shape index (κ1) is 20.0. The van der Waals surface area contributed by atoms with Crippen molar-refractivity contribution in [2.75, 3.05) is 19.5 Å². The molecular weight excluding hydrogens is 395 g/mol. The summed E-state index contributed by atoms with van der Waals surface area (Å²) in [5.41, 5.74) is 0.255. The topological polar surface area (TPSA) is 56.3 Å². The molecule has 1 heterocycles. The number of anilines is 1. The fraction of sp³-hybridized carbons (Fsp3) is 0.263. The number of halogens is 4. The molecule has 1 aromatic heterocycles. The van der Waals surface area contributed by atoms with E-state index >= 15 is 0 Å². The number of alkyl halides is 3. The average Bonchev–Trinajstić information content (AvgIpc) is 2.66. The van der Waals surface area contributed by atoms with Crippen molar-refractivity contribution in [1.29, 1.82) is 0 Å². The molecule has 3 rings (SSSR count). The van der Waals surface area contributed by atoms with Gasteiger partial charge >= 0.3 is 6.18 Å². The van der Waals surface area contributed by atoms with Crippen LogP contribution in [0.15, 0.2) is 36.4 Å². The third-order valence-corrected chi connectivity index (χ3v) is 4.41. The molecule has 0 saturated heterocycles. The minimum atomic E-state index is -4.41. The Morgan fingerprint density at radius 2 is 1.71 bits per heavy atom. The summed E-state index contributed by atoms with van der Waals surface area (Å²) in [6.45, 7) is 1.73. The standard InChI is InChI=1S/C19H17ClF3N3O2/c1-10(11-5-4-6-12(7-11)19(21,22)23)24-17-13-8-15(27-2)16(28-3)9-14(13)25-18(20)26-17/h4-10H,1-3H3,(H,24,25,26)/t10-/m1/s1. The van der Waals surface area contributed by atoms with E-state index in [0.717, 1.165) is 12.1 Å². The van der Waals surface area contributed by atoms with E-state index in [-0.39, 0.29) is 5.28 Å². The normalized spacial score (nSPS) is 12.7. The minimum absolute atomic E-state index is 0.00142. The van der Waals surface area contributed by atoms with Gasteiger partial charge < -0.3 is 14.8 Å². The zero-order valence-electron chi connectivity index (χ0n) is 15.3. The maximum absolute atomic E-state index is 13.0. The van der Waals surface area contributed by atoms with Crippen molar-refractivity contribution in [3.8, 4) is 11.5 Å². The van der Waals surface area contributed by atoms with Crippen LogP contribution in [0.5, 0.6) is 11.5 Å². The number of aromatic nitrogens is 2. The number of nitrogens with zero attached hydrogens (tertiary/aromatic N) is 2. The third kappa shape index (κ3) is 4.06. The predicted molar refractivity (Wildman–Crippen MR) is 101 cm³/mol. The molecule has 0 radical (unpaired) electrons. The van der Waals surface area contributed by atoms with Crippen LogP contribution < -0.4 is 14.8 Å². The summed E-state index contributed by atoms with van der Waals surface area (Å²) >= 11 is 6.02. The van der Waals surface area contributed by atoms with Crippen molar-refractivity contribution in [2.24, 2.45) is 0 Å². The maximum atomic E-state index is 13.0. The zero-order valence-corrected chi connectivity index (χ0v) is 16.0. The van der Waals surface area contributed by atoms with Crippen molar-refractivity contribution in [1.82, 2.24) is 9.97 Å². The molecule has 0 aliphatic rings. The van der Waals surface area contributed by atoms with Crippen molar-refractivity contribution < 1.29 is 22.6 Å². The highest BCUT2D eigenvalue weighted by atomic mass is 35.5. The number of hydrogen-bond acceptors (Lipinski definition) is 5. The summed E-state index contributed by atoms with van der Waals surface area (Å²) in [6.07, 6.45) is -4.41. The summed E-state index contributed by atoms with van der Waals surface area (Å²) in [5.74, 6) is 1.32. The summed E-state index contributed by atoms with van der Waals surface area (Å²) in [4.78, 5) is 8.37. The van der Waals surface area contributed by atoms with Crippen LogP contribution in [0, 0.1) is 0 Å². The van der Waals surface area contributed by atoms with Crippen LogP contribution >= 0.6 is 11.6 Å². The van der Waals surface area contributed by atoms with E-state index in [2.05, 4.69) is 15.3 Å². The number of rotatable bonds is 5. The highest BCUT2D eigenvalue weighted by molar-refractivity contribution is 6.28. The molecule has 3 aromatic rings. The predicted octanol–water partition coefficient (Wildman–Crippen LogP) is 5.49. The first-order chi connectivity index (χ1) is 13.2. The lowest BCUT2D eigenvalue weighted by atomic mass is 10.0. The lowest BCUT2D eigenvalue weighted by Gasteiger charge is -2.18. The Bertz CT molecular complexity index is 1010. The lowest BCUT2D eigenvalue weighted by molar-refractivity contribution is -0.137. The van der Waals surface area contributed by atoms with E-state index in [0.29, 0.717) is 33.8 Å². The van der Waals surface area contributed by atoms with Gasteiger partial charge in [-0.25, -0.2) is 9.97 Å². The van der Waals surface area contributed by atoms with E-state index in [1.54, 1.807) is 25.1 Å². The largest absolute Gasteiger partial charge is 0.493 e. The van der Waals surface area contributed by atoms with Gasteiger partial charge in [0.05, 0.1) is 25.3 Å². The maximum Gasteiger partial charge on any atom is 0.416 e. The Kier molecular flexibility index (Phi) is 5.51. The van der Waals surface area contributed by atoms with E-state index in [1.165, 1.54) is 20.3 Å². The van der Waals surface area contributed by atoms with E-state index in [1.807, 2.05) is 0 Å². The van der Waals surface area contributed by atoms with Crippen molar-refractivity contribution in [3.05, 3.63) is 52.8 Å². The number of methoxy groups -OCH3 is 2. The molecule has 0 saturated carbocycles. The second-order valence-corrected chi connectivity index (χ2v) is 6.39. The molecule has 1 N–H and O–H groups in total. The monoisotopic (exact) mass is 411 g/mol. The van der Waals surface area contributed by atoms with Gasteiger partial charge in [0.2, 0.25) is 5.28 Å². The zero-order chi connectivity index (χ0) is 20.5. The fourth-order valence-corrected chi connectivity index (χ4v) is 2.99. The Morgan fingerprint density at radius 1 is 1.04 bits per heavy atom. The van der Waals surface area contributed by atoms with Crippen LogP contribution in [0.25, 0.3) is 10.9 Å². The van der Waals surface area contributed by atoms with Gasteiger partial charge in [0.1, 0.15) is 5.82 Å². The molecular formula is C19H17ClF3N3O2. The second-order valence-electron chi connectivity index (χ2n) is 6.05. The van der Waals surface area contributed by atoms with Gasteiger partial charge in [-0.3, -0.25) is 0 Å². The number of fused-ring (bicyclic) bond motifs is 1. The SMILES string of the molecule is COc1cc2nc(Cl)nc(N[C@H](C)c3cccc(C(F)(F)F)c3)c2cc1OC. The van der Waals surface area contributed by atoms with Crippen molar-refractivity contribution in [2.45, 2.75) is 19.1 Å². The molecule has 9 heteroatoms. The Labute approximate surface area is 164 Å². The van der Waals surface area contributed by atoms with Gasteiger partial charge in [0.15, 0.2) is 11.5 Å². The Hall–Kier alpha value is -2.74. The molecule has 0 aliphatic heterocycles. The fourth-order valence-electron chi connectivity index (χ4n) is 2.81. The molecule has 1 atom stereocenters. The highest BCUT2D eigenvalue weighted by Crippen LogP contribution is 2.36. The molecule has 0 spiro atoms. The summed E-state index contributed by atoms with van der Waals surface area (Å²) < 4.78 is 49.5. The van der Waals surface area contributed by atoms with Gasteiger partial charge in [-0.05, 0) is 42.3 Å². The Balaban J connectivity index is 2.02. The minimum Gasteiger partial charge on any atom is -0.493 e. The van der Waals surface area contributed by atoms with Crippen LogP contribution in [-0.4, -0.2) is 24.2 Å². The quantitative estimate of drug-likeness (QED) is 0.562. The number of ether oxygens (including phenoxy) is 2. The number of nitrogens with one attached hydrogen (secondary N) is 1. The van der Waals surface area contributed by atoms with Crippen LogP contribution in [0.3, 0.4) is 0 Å².